The van der Waals surface area contributed by atoms with Crippen LogP contribution in [0.5, 0.6) is 5.75 Å². The molecule has 2 aromatic rings. The maximum atomic E-state index is 12.5. The number of amides is 1. The van der Waals surface area contributed by atoms with Gasteiger partial charge < -0.3 is 14.4 Å². The van der Waals surface area contributed by atoms with E-state index in [2.05, 4.69) is 5.10 Å². The van der Waals surface area contributed by atoms with Gasteiger partial charge in [0.2, 0.25) is 0 Å². The molecule has 3 rings (SSSR count). The molecule has 0 unspecified atom stereocenters. The van der Waals surface area contributed by atoms with Crippen molar-refractivity contribution in [3.05, 3.63) is 47.2 Å². The van der Waals surface area contributed by atoms with Crippen molar-refractivity contribution in [2.75, 3.05) is 26.3 Å². The van der Waals surface area contributed by atoms with E-state index in [-0.39, 0.29) is 18.6 Å². The van der Waals surface area contributed by atoms with Crippen LogP contribution in [-0.4, -0.2) is 53.0 Å². The van der Waals surface area contributed by atoms with E-state index in [1.165, 1.54) is 0 Å². The van der Waals surface area contributed by atoms with Gasteiger partial charge >= 0.3 is 0 Å². The smallest absolute Gasteiger partial charge is 0.260 e. The molecular formula is C18H22ClN3O3. The number of ether oxygens (including phenoxy) is 2. The Hall–Kier alpha value is -2.05. The first-order valence-electron chi connectivity index (χ1n) is 8.37. The summed E-state index contributed by atoms with van der Waals surface area (Å²) >= 11 is 5.94. The molecule has 1 fully saturated rings. The van der Waals surface area contributed by atoms with E-state index in [0.717, 1.165) is 12.0 Å². The summed E-state index contributed by atoms with van der Waals surface area (Å²) in [5, 5.41) is 4.86. The van der Waals surface area contributed by atoms with E-state index in [9.17, 15) is 4.79 Å². The molecule has 1 saturated heterocycles. The third kappa shape index (κ3) is 4.96. The fraction of sp³-hybridized carbons (Fsp3) is 0.444. The summed E-state index contributed by atoms with van der Waals surface area (Å²) in [4.78, 5) is 14.4. The number of nitrogens with zero attached hydrogens (tertiary/aromatic N) is 3. The number of hydrogen-bond acceptors (Lipinski definition) is 4. The Morgan fingerprint density at radius 3 is 3.12 bits per heavy atom. The van der Waals surface area contributed by atoms with Crippen LogP contribution in [0.3, 0.4) is 0 Å². The van der Waals surface area contributed by atoms with Gasteiger partial charge in [-0.05, 0) is 43.2 Å². The Bertz CT molecular complexity index is 706. The second-order valence-corrected chi connectivity index (χ2v) is 6.55. The SMILES string of the molecule is Cc1cc(Cl)ccc1OCC(=O)N1CCCO[C@@H](Cn2cccn2)C1. The van der Waals surface area contributed by atoms with Crippen molar-refractivity contribution in [1.29, 1.82) is 0 Å². The summed E-state index contributed by atoms with van der Waals surface area (Å²) in [6.07, 6.45) is 4.39. The van der Waals surface area contributed by atoms with E-state index in [1.54, 1.807) is 18.3 Å². The monoisotopic (exact) mass is 363 g/mol. The van der Waals surface area contributed by atoms with Gasteiger partial charge in [0.1, 0.15) is 5.75 Å². The molecule has 0 saturated carbocycles. The molecule has 1 amide bonds. The van der Waals surface area contributed by atoms with Crippen LogP contribution in [0.4, 0.5) is 0 Å². The Morgan fingerprint density at radius 1 is 1.48 bits per heavy atom. The molecule has 0 spiro atoms. The molecular weight excluding hydrogens is 342 g/mol. The first-order valence-corrected chi connectivity index (χ1v) is 8.75. The Balaban J connectivity index is 1.56. The van der Waals surface area contributed by atoms with Crippen LogP contribution in [0.25, 0.3) is 0 Å². The molecule has 6 nitrogen and oxygen atoms in total. The van der Waals surface area contributed by atoms with Gasteiger partial charge in [-0.25, -0.2) is 0 Å². The average molecular weight is 364 g/mol. The summed E-state index contributed by atoms with van der Waals surface area (Å²) in [7, 11) is 0. The largest absolute Gasteiger partial charge is 0.483 e. The van der Waals surface area contributed by atoms with Gasteiger partial charge in [0.25, 0.3) is 5.91 Å². The predicted octanol–water partition coefficient (Wildman–Crippen LogP) is 2.54. The highest BCUT2D eigenvalue weighted by molar-refractivity contribution is 6.30. The quantitative estimate of drug-likeness (QED) is 0.819. The molecule has 0 radical (unpaired) electrons. The Kier molecular flexibility index (Phi) is 5.94. The van der Waals surface area contributed by atoms with E-state index in [1.807, 2.05) is 34.8 Å². The highest BCUT2D eigenvalue weighted by Gasteiger charge is 2.23. The Morgan fingerprint density at radius 2 is 2.36 bits per heavy atom. The standard InChI is InChI=1S/C18H22ClN3O3/c1-14-10-15(19)4-5-17(14)25-13-18(23)21-7-3-9-24-16(11-21)12-22-8-2-6-20-22/h2,4-6,8,10,16H,3,7,9,11-13H2,1H3/t16-/m1/s1. The van der Waals surface area contributed by atoms with Gasteiger partial charge in [0.15, 0.2) is 6.61 Å². The minimum Gasteiger partial charge on any atom is -0.483 e. The molecule has 1 aromatic heterocycles. The number of carbonyl (C=O) groups excluding carboxylic acids is 1. The maximum Gasteiger partial charge on any atom is 0.260 e. The lowest BCUT2D eigenvalue weighted by Crippen LogP contribution is -2.40. The Labute approximate surface area is 152 Å². The second kappa shape index (κ2) is 8.36. The number of rotatable bonds is 5. The number of aromatic nitrogens is 2. The highest BCUT2D eigenvalue weighted by Crippen LogP contribution is 2.22. The summed E-state index contributed by atoms with van der Waals surface area (Å²) in [6, 6.07) is 7.24. The molecule has 1 aliphatic rings. The van der Waals surface area contributed by atoms with Crippen molar-refractivity contribution in [3.8, 4) is 5.75 Å². The first-order chi connectivity index (χ1) is 12.1. The maximum absolute atomic E-state index is 12.5. The zero-order valence-corrected chi connectivity index (χ0v) is 15.0. The van der Waals surface area contributed by atoms with E-state index < -0.39 is 0 Å². The fourth-order valence-electron chi connectivity index (χ4n) is 2.85. The van der Waals surface area contributed by atoms with E-state index in [4.69, 9.17) is 21.1 Å². The number of aryl methyl sites for hydroxylation is 1. The van der Waals surface area contributed by atoms with Crippen LogP contribution < -0.4 is 4.74 Å². The van der Waals surface area contributed by atoms with Crippen molar-refractivity contribution in [1.82, 2.24) is 14.7 Å². The zero-order valence-electron chi connectivity index (χ0n) is 14.2. The lowest BCUT2D eigenvalue weighted by Gasteiger charge is -2.24. The predicted molar refractivity (Wildman–Crippen MR) is 94.8 cm³/mol. The molecule has 1 aliphatic heterocycles. The molecule has 0 aliphatic carbocycles. The minimum atomic E-state index is -0.0661. The van der Waals surface area contributed by atoms with Crippen molar-refractivity contribution >= 4 is 17.5 Å². The number of hydrogen-bond donors (Lipinski definition) is 0. The number of carbonyl (C=O) groups is 1. The van der Waals surface area contributed by atoms with Crippen molar-refractivity contribution in [2.45, 2.75) is 26.0 Å². The van der Waals surface area contributed by atoms with Crippen LogP contribution in [0, 0.1) is 6.92 Å². The van der Waals surface area contributed by atoms with Gasteiger partial charge in [0, 0.05) is 37.1 Å². The van der Waals surface area contributed by atoms with Crippen molar-refractivity contribution < 1.29 is 14.3 Å². The first kappa shape index (κ1) is 17.8. The van der Waals surface area contributed by atoms with Crippen LogP contribution >= 0.6 is 11.6 Å². The molecule has 134 valence electrons. The average Bonchev–Trinajstić information content (AvgIpc) is 2.98. The van der Waals surface area contributed by atoms with E-state index >= 15 is 0 Å². The minimum absolute atomic E-state index is 0.0109. The van der Waals surface area contributed by atoms with Gasteiger partial charge in [-0.3, -0.25) is 9.48 Å². The fourth-order valence-corrected chi connectivity index (χ4v) is 3.08. The summed E-state index contributed by atoms with van der Waals surface area (Å²) in [6.45, 7) is 4.42. The lowest BCUT2D eigenvalue weighted by atomic mass is 10.2. The third-order valence-electron chi connectivity index (χ3n) is 4.14. The number of halogens is 1. The molecule has 1 aromatic carbocycles. The number of benzene rings is 1. The topological polar surface area (TPSA) is 56.6 Å². The van der Waals surface area contributed by atoms with E-state index in [0.29, 0.717) is 37.0 Å². The summed E-state index contributed by atoms with van der Waals surface area (Å²) in [5.74, 6) is 0.641. The van der Waals surface area contributed by atoms with Gasteiger partial charge in [-0.1, -0.05) is 11.6 Å². The molecule has 25 heavy (non-hydrogen) atoms. The highest BCUT2D eigenvalue weighted by atomic mass is 35.5. The van der Waals surface area contributed by atoms with Crippen molar-refractivity contribution in [3.63, 3.8) is 0 Å². The molecule has 2 heterocycles. The van der Waals surface area contributed by atoms with Crippen LogP contribution in [0.2, 0.25) is 5.02 Å². The lowest BCUT2D eigenvalue weighted by molar-refractivity contribution is -0.134. The third-order valence-corrected chi connectivity index (χ3v) is 4.38. The van der Waals surface area contributed by atoms with Gasteiger partial charge in [-0.15, -0.1) is 0 Å². The zero-order chi connectivity index (χ0) is 17.6. The van der Waals surface area contributed by atoms with Gasteiger partial charge in [-0.2, -0.15) is 5.10 Å². The van der Waals surface area contributed by atoms with Crippen LogP contribution in [-0.2, 0) is 16.1 Å². The van der Waals surface area contributed by atoms with Crippen LogP contribution in [0.15, 0.2) is 36.7 Å². The van der Waals surface area contributed by atoms with Crippen molar-refractivity contribution in [2.24, 2.45) is 0 Å². The van der Waals surface area contributed by atoms with Gasteiger partial charge in [0.05, 0.1) is 12.6 Å². The second-order valence-electron chi connectivity index (χ2n) is 6.11. The normalized spacial score (nSPS) is 18.0. The van der Waals surface area contributed by atoms with Crippen LogP contribution in [0.1, 0.15) is 12.0 Å². The molecule has 0 bridgehead atoms. The molecule has 0 N–H and O–H groups in total. The molecule has 1 atom stereocenters. The summed E-state index contributed by atoms with van der Waals surface area (Å²) in [5.41, 5.74) is 0.913. The molecule has 7 heteroatoms. The summed E-state index contributed by atoms with van der Waals surface area (Å²) < 4.78 is 13.3.